The Morgan fingerprint density at radius 2 is 2.19 bits per heavy atom. The molecule has 0 heterocycles. The topological polar surface area (TPSA) is 110 Å². The van der Waals surface area contributed by atoms with Gasteiger partial charge >= 0.3 is 5.69 Å². The minimum atomic E-state index is -0.639. The molecule has 0 saturated carbocycles. The average Bonchev–Trinajstić information content (AvgIpc) is 2.17. The summed E-state index contributed by atoms with van der Waals surface area (Å²) in [4.78, 5) is 10.1. The van der Waals surface area contributed by atoms with E-state index in [1.54, 1.807) is 6.92 Å². The van der Waals surface area contributed by atoms with Crippen LogP contribution in [0.3, 0.4) is 0 Å². The number of nitrogens with zero attached hydrogens (tertiary/aromatic N) is 1. The highest BCUT2D eigenvalue weighted by molar-refractivity contribution is 5.56. The fourth-order valence-electron chi connectivity index (χ4n) is 1.52. The van der Waals surface area contributed by atoms with Crippen LogP contribution in [0.25, 0.3) is 0 Å². The molecule has 88 valence electrons. The summed E-state index contributed by atoms with van der Waals surface area (Å²) in [5.74, 6) is -0.411. The lowest BCUT2D eigenvalue weighted by atomic mass is 10.0. The van der Waals surface area contributed by atoms with E-state index in [2.05, 4.69) is 0 Å². The van der Waals surface area contributed by atoms with Crippen molar-refractivity contribution in [3.8, 4) is 5.75 Å². The lowest BCUT2D eigenvalue weighted by molar-refractivity contribution is -0.386. The molecule has 0 aromatic heterocycles. The van der Waals surface area contributed by atoms with Gasteiger partial charge in [0.05, 0.1) is 4.92 Å². The molecule has 4 N–H and O–H groups in total. The highest BCUT2D eigenvalue weighted by Crippen LogP contribution is 2.36. The van der Waals surface area contributed by atoms with Crippen molar-refractivity contribution in [3.63, 3.8) is 0 Å². The van der Waals surface area contributed by atoms with Crippen molar-refractivity contribution in [2.75, 3.05) is 6.61 Å². The number of aliphatic hydroxyl groups is 1. The molecule has 0 unspecified atom stereocenters. The third kappa shape index (κ3) is 2.29. The molecule has 1 aromatic carbocycles. The van der Waals surface area contributed by atoms with Gasteiger partial charge in [-0.2, -0.15) is 0 Å². The normalized spacial score (nSPS) is 12.4. The van der Waals surface area contributed by atoms with E-state index in [1.165, 1.54) is 12.1 Å². The molecule has 0 radical (unpaired) electrons. The fourth-order valence-corrected chi connectivity index (χ4v) is 1.52. The van der Waals surface area contributed by atoms with Crippen LogP contribution in [0.5, 0.6) is 5.75 Å². The van der Waals surface area contributed by atoms with Crippen molar-refractivity contribution in [1.82, 2.24) is 0 Å². The zero-order valence-corrected chi connectivity index (χ0v) is 8.88. The van der Waals surface area contributed by atoms with Gasteiger partial charge in [-0.15, -0.1) is 0 Å². The molecule has 16 heavy (non-hydrogen) atoms. The monoisotopic (exact) mass is 226 g/mol. The number of hydrogen-bond acceptors (Lipinski definition) is 5. The first-order valence-electron chi connectivity index (χ1n) is 4.82. The molecular formula is C10H14N2O4. The van der Waals surface area contributed by atoms with Gasteiger partial charge in [0.1, 0.15) is 0 Å². The van der Waals surface area contributed by atoms with Gasteiger partial charge in [-0.25, -0.2) is 0 Å². The molecule has 0 bridgehead atoms. The predicted octanol–water partition coefficient (Wildman–Crippen LogP) is 0.991. The molecular weight excluding hydrogens is 212 g/mol. The standard InChI is InChI=1S/C10H14N2O4/c1-6-2-3-7(8(11)4-5-13)10(14)9(6)12(15)16/h2-3,8,13-14H,4-5,11H2,1H3/t8-/m0/s1. The summed E-state index contributed by atoms with van der Waals surface area (Å²) in [5.41, 5.74) is 6.02. The number of aryl methyl sites for hydroxylation is 1. The molecule has 6 heteroatoms. The van der Waals surface area contributed by atoms with Crippen LogP contribution in [-0.4, -0.2) is 21.7 Å². The molecule has 0 fully saturated rings. The van der Waals surface area contributed by atoms with Crippen LogP contribution in [0.1, 0.15) is 23.6 Å². The van der Waals surface area contributed by atoms with Crippen LogP contribution in [0.2, 0.25) is 0 Å². The maximum absolute atomic E-state index is 10.7. The summed E-state index contributed by atoms with van der Waals surface area (Å²) >= 11 is 0. The van der Waals surface area contributed by atoms with Gasteiger partial charge in [-0.3, -0.25) is 10.1 Å². The predicted molar refractivity (Wildman–Crippen MR) is 58.1 cm³/mol. The molecule has 0 aliphatic rings. The highest BCUT2D eigenvalue weighted by Gasteiger charge is 2.22. The van der Waals surface area contributed by atoms with Crippen LogP contribution in [0, 0.1) is 17.0 Å². The van der Waals surface area contributed by atoms with Gasteiger partial charge in [-0.1, -0.05) is 12.1 Å². The molecule has 6 nitrogen and oxygen atoms in total. The number of aliphatic hydroxyl groups excluding tert-OH is 1. The minimum absolute atomic E-state index is 0.137. The molecule has 1 rings (SSSR count). The molecule has 0 saturated heterocycles. The van der Waals surface area contributed by atoms with Crippen LogP contribution in [0.4, 0.5) is 5.69 Å². The third-order valence-corrected chi connectivity index (χ3v) is 2.41. The number of nitro groups is 1. The molecule has 0 aliphatic heterocycles. The Morgan fingerprint density at radius 1 is 1.56 bits per heavy atom. The highest BCUT2D eigenvalue weighted by atomic mass is 16.6. The summed E-state index contributed by atoms with van der Waals surface area (Å²) in [6, 6.07) is 2.46. The Balaban J connectivity index is 3.23. The van der Waals surface area contributed by atoms with E-state index in [-0.39, 0.29) is 24.3 Å². The first-order chi connectivity index (χ1) is 7.49. The quantitative estimate of drug-likeness (QED) is 0.524. The molecule has 1 aromatic rings. The minimum Gasteiger partial charge on any atom is -0.502 e. The largest absolute Gasteiger partial charge is 0.502 e. The fraction of sp³-hybridized carbons (Fsp3) is 0.400. The first kappa shape index (κ1) is 12.4. The number of hydrogen-bond donors (Lipinski definition) is 3. The molecule has 0 spiro atoms. The van der Waals surface area contributed by atoms with Crippen molar-refractivity contribution >= 4 is 5.69 Å². The summed E-state index contributed by atoms with van der Waals surface area (Å²) in [6.07, 6.45) is 0.244. The second-order valence-electron chi connectivity index (χ2n) is 3.54. The van der Waals surface area contributed by atoms with Crippen LogP contribution < -0.4 is 5.73 Å². The van der Waals surface area contributed by atoms with E-state index < -0.39 is 16.7 Å². The zero-order chi connectivity index (χ0) is 12.3. The number of rotatable bonds is 4. The summed E-state index contributed by atoms with van der Waals surface area (Å²) < 4.78 is 0. The van der Waals surface area contributed by atoms with E-state index in [0.717, 1.165) is 0 Å². The Bertz CT molecular complexity index is 406. The number of nitro benzene ring substituents is 1. The first-order valence-corrected chi connectivity index (χ1v) is 4.82. The van der Waals surface area contributed by atoms with E-state index in [4.69, 9.17) is 10.8 Å². The van der Waals surface area contributed by atoms with E-state index in [9.17, 15) is 15.2 Å². The lowest BCUT2D eigenvalue weighted by Gasteiger charge is -2.12. The van der Waals surface area contributed by atoms with E-state index >= 15 is 0 Å². The average molecular weight is 226 g/mol. The molecule has 1 atom stereocenters. The Kier molecular flexibility index (Phi) is 3.81. The number of nitrogens with two attached hydrogens (primary N) is 1. The second-order valence-corrected chi connectivity index (χ2v) is 3.54. The van der Waals surface area contributed by atoms with Crippen molar-refractivity contribution in [3.05, 3.63) is 33.4 Å². The number of phenolic OH excluding ortho intramolecular Hbond substituents is 1. The number of aromatic hydroxyl groups is 1. The van der Waals surface area contributed by atoms with E-state index in [1.807, 2.05) is 0 Å². The maximum atomic E-state index is 10.7. The lowest BCUT2D eigenvalue weighted by Crippen LogP contribution is -2.12. The van der Waals surface area contributed by atoms with Gasteiger partial charge in [0, 0.05) is 23.8 Å². The van der Waals surface area contributed by atoms with Gasteiger partial charge in [-0.05, 0) is 13.3 Å². The van der Waals surface area contributed by atoms with Crippen molar-refractivity contribution in [1.29, 1.82) is 0 Å². The summed E-state index contributed by atoms with van der Waals surface area (Å²) in [6.45, 7) is 1.40. The Hall–Kier alpha value is -1.66. The van der Waals surface area contributed by atoms with Crippen molar-refractivity contribution in [2.24, 2.45) is 5.73 Å². The van der Waals surface area contributed by atoms with Gasteiger partial charge in [0.25, 0.3) is 0 Å². The number of benzene rings is 1. The number of phenols is 1. The van der Waals surface area contributed by atoms with Crippen molar-refractivity contribution < 1.29 is 15.1 Å². The Labute approximate surface area is 92.5 Å². The van der Waals surface area contributed by atoms with Crippen LogP contribution in [0.15, 0.2) is 12.1 Å². The molecule has 0 amide bonds. The zero-order valence-electron chi connectivity index (χ0n) is 8.88. The maximum Gasteiger partial charge on any atom is 0.313 e. The van der Waals surface area contributed by atoms with Gasteiger partial charge in [0.2, 0.25) is 0 Å². The van der Waals surface area contributed by atoms with Crippen LogP contribution in [-0.2, 0) is 0 Å². The smallest absolute Gasteiger partial charge is 0.313 e. The summed E-state index contributed by atoms with van der Waals surface area (Å²) in [5, 5.41) is 29.2. The summed E-state index contributed by atoms with van der Waals surface area (Å²) in [7, 11) is 0. The van der Waals surface area contributed by atoms with E-state index in [0.29, 0.717) is 5.56 Å². The van der Waals surface area contributed by atoms with Gasteiger partial charge in [0.15, 0.2) is 5.75 Å². The van der Waals surface area contributed by atoms with Crippen molar-refractivity contribution in [2.45, 2.75) is 19.4 Å². The third-order valence-electron chi connectivity index (χ3n) is 2.41. The SMILES string of the molecule is Cc1ccc([C@@H](N)CCO)c(O)c1[N+](=O)[O-]. The van der Waals surface area contributed by atoms with Crippen LogP contribution >= 0.6 is 0 Å². The second kappa shape index (κ2) is 4.91. The molecule has 0 aliphatic carbocycles. The Morgan fingerprint density at radius 3 is 2.69 bits per heavy atom. The van der Waals surface area contributed by atoms with Gasteiger partial charge < -0.3 is 15.9 Å².